The Balaban J connectivity index is 2.20. The first-order valence-corrected chi connectivity index (χ1v) is 5.61. The van der Waals surface area contributed by atoms with Crippen molar-refractivity contribution in [1.82, 2.24) is 9.97 Å². The second-order valence-corrected chi connectivity index (χ2v) is 3.86. The van der Waals surface area contributed by atoms with Gasteiger partial charge < -0.3 is 14.7 Å². The fourth-order valence-electron chi connectivity index (χ4n) is 1.90. The second kappa shape index (κ2) is 5.23. The van der Waals surface area contributed by atoms with Crippen LogP contribution in [0.25, 0.3) is 0 Å². The first kappa shape index (κ1) is 11.3. The molecule has 1 fully saturated rings. The molecule has 1 unspecified atom stereocenters. The Morgan fingerprint density at radius 2 is 2.44 bits per heavy atom. The van der Waals surface area contributed by atoms with Crippen molar-refractivity contribution in [1.29, 1.82) is 0 Å². The molecule has 88 valence electrons. The minimum absolute atomic E-state index is 0.0675. The number of nitrogens with zero attached hydrogens (tertiary/aromatic N) is 3. The summed E-state index contributed by atoms with van der Waals surface area (Å²) in [5.74, 6) is 0.835. The molecule has 2 heterocycles. The predicted octanol–water partition coefficient (Wildman–Crippen LogP) is 0.584. The molecule has 0 radical (unpaired) electrons. The van der Waals surface area contributed by atoms with Crippen LogP contribution in [0.15, 0.2) is 12.4 Å². The summed E-state index contributed by atoms with van der Waals surface area (Å²) < 4.78 is 5.44. The van der Waals surface area contributed by atoms with E-state index in [0.717, 1.165) is 32.0 Å². The first-order valence-electron chi connectivity index (χ1n) is 5.61. The summed E-state index contributed by atoms with van der Waals surface area (Å²) in [5.41, 5.74) is 0.610. The molecule has 1 N–H and O–H groups in total. The van der Waals surface area contributed by atoms with Crippen LogP contribution in [0, 0.1) is 0 Å². The van der Waals surface area contributed by atoms with Crippen molar-refractivity contribution in [3.05, 3.63) is 18.1 Å². The van der Waals surface area contributed by atoms with Crippen LogP contribution in [0.4, 0.5) is 5.82 Å². The number of aliphatic hydroxyl groups is 1. The van der Waals surface area contributed by atoms with Gasteiger partial charge in [-0.1, -0.05) is 6.92 Å². The van der Waals surface area contributed by atoms with Gasteiger partial charge >= 0.3 is 0 Å². The number of hydrogen-bond donors (Lipinski definition) is 1. The fraction of sp³-hybridized carbons (Fsp3) is 0.636. The molecule has 1 aromatic heterocycles. The van der Waals surface area contributed by atoms with Crippen molar-refractivity contribution < 1.29 is 9.84 Å². The molecule has 0 amide bonds. The lowest BCUT2D eigenvalue weighted by molar-refractivity contribution is 0.0925. The lowest BCUT2D eigenvalue weighted by atomic mass is 10.2. The Bertz CT molecular complexity index is 346. The number of rotatable bonds is 3. The molecule has 1 saturated heterocycles. The van der Waals surface area contributed by atoms with Gasteiger partial charge in [0.2, 0.25) is 0 Å². The molecule has 5 heteroatoms. The van der Waals surface area contributed by atoms with Crippen molar-refractivity contribution >= 4 is 5.82 Å². The van der Waals surface area contributed by atoms with Gasteiger partial charge in [0, 0.05) is 6.54 Å². The minimum atomic E-state index is -0.0675. The Kier molecular flexibility index (Phi) is 3.69. The lowest BCUT2D eigenvalue weighted by Gasteiger charge is -2.35. The van der Waals surface area contributed by atoms with Crippen LogP contribution in [0.2, 0.25) is 0 Å². The van der Waals surface area contributed by atoms with Crippen molar-refractivity contribution in [2.45, 2.75) is 26.0 Å². The topological polar surface area (TPSA) is 58.5 Å². The standard InChI is InChI=1S/C11H17N3O2/c1-2-10-8-16-4-3-14(10)11-6-12-5-9(7-15)13-11/h5-6,10,15H,2-4,7-8H2,1H3. The van der Waals surface area contributed by atoms with E-state index >= 15 is 0 Å². The maximum Gasteiger partial charge on any atom is 0.147 e. The molecule has 1 aromatic rings. The van der Waals surface area contributed by atoms with Crippen LogP contribution in [0.1, 0.15) is 19.0 Å². The maximum absolute atomic E-state index is 9.04. The number of aliphatic hydroxyl groups excluding tert-OH is 1. The van der Waals surface area contributed by atoms with Crippen molar-refractivity contribution in [3.63, 3.8) is 0 Å². The molecule has 1 atom stereocenters. The Labute approximate surface area is 95.1 Å². The summed E-state index contributed by atoms with van der Waals surface area (Å²) in [6.07, 6.45) is 4.35. The monoisotopic (exact) mass is 223 g/mol. The molecular formula is C11H17N3O2. The molecule has 16 heavy (non-hydrogen) atoms. The average Bonchev–Trinajstić information content (AvgIpc) is 2.38. The highest BCUT2D eigenvalue weighted by Crippen LogP contribution is 2.18. The number of ether oxygens (including phenoxy) is 1. The largest absolute Gasteiger partial charge is 0.390 e. The van der Waals surface area contributed by atoms with Gasteiger partial charge in [0.05, 0.1) is 44.0 Å². The molecule has 0 aromatic carbocycles. The quantitative estimate of drug-likeness (QED) is 0.812. The smallest absolute Gasteiger partial charge is 0.147 e. The van der Waals surface area contributed by atoms with Gasteiger partial charge in [0.25, 0.3) is 0 Å². The van der Waals surface area contributed by atoms with Crippen molar-refractivity contribution in [2.24, 2.45) is 0 Å². The predicted molar refractivity (Wildman–Crippen MR) is 60.2 cm³/mol. The third-order valence-corrected chi connectivity index (χ3v) is 2.83. The first-order chi connectivity index (χ1) is 7.85. The Hall–Kier alpha value is -1.20. The Morgan fingerprint density at radius 1 is 1.56 bits per heavy atom. The van der Waals surface area contributed by atoms with Crippen molar-refractivity contribution in [3.8, 4) is 0 Å². The third-order valence-electron chi connectivity index (χ3n) is 2.83. The van der Waals surface area contributed by atoms with E-state index in [1.165, 1.54) is 0 Å². The van der Waals surface area contributed by atoms with Gasteiger partial charge in [-0.15, -0.1) is 0 Å². The number of anilines is 1. The molecule has 0 bridgehead atoms. The second-order valence-electron chi connectivity index (χ2n) is 3.86. The van der Waals surface area contributed by atoms with E-state index in [9.17, 15) is 0 Å². The molecule has 1 aliphatic heterocycles. The maximum atomic E-state index is 9.04. The van der Waals surface area contributed by atoms with E-state index in [4.69, 9.17) is 9.84 Å². The van der Waals surface area contributed by atoms with E-state index in [0.29, 0.717) is 11.7 Å². The van der Waals surface area contributed by atoms with Gasteiger partial charge in [-0.05, 0) is 6.42 Å². The molecule has 2 rings (SSSR count). The van der Waals surface area contributed by atoms with Crippen LogP contribution in [0.3, 0.4) is 0 Å². The van der Waals surface area contributed by atoms with E-state index in [1.807, 2.05) is 0 Å². The van der Waals surface area contributed by atoms with Gasteiger partial charge in [0.15, 0.2) is 0 Å². The summed E-state index contributed by atoms with van der Waals surface area (Å²) in [6.45, 7) is 4.36. The molecule has 5 nitrogen and oxygen atoms in total. The molecule has 0 aliphatic carbocycles. The van der Waals surface area contributed by atoms with Crippen LogP contribution >= 0.6 is 0 Å². The third kappa shape index (κ3) is 2.31. The fourth-order valence-corrected chi connectivity index (χ4v) is 1.90. The van der Waals surface area contributed by atoms with E-state index in [-0.39, 0.29) is 6.61 Å². The van der Waals surface area contributed by atoms with Crippen molar-refractivity contribution in [2.75, 3.05) is 24.7 Å². The van der Waals surface area contributed by atoms with Crippen LogP contribution in [-0.2, 0) is 11.3 Å². The number of aromatic nitrogens is 2. The average molecular weight is 223 g/mol. The Morgan fingerprint density at radius 3 is 3.19 bits per heavy atom. The zero-order valence-electron chi connectivity index (χ0n) is 9.46. The van der Waals surface area contributed by atoms with Gasteiger partial charge in [-0.3, -0.25) is 4.98 Å². The number of morpholine rings is 1. The zero-order valence-corrected chi connectivity index (χ0v) is 9.46. The van der Waals surface area contributed by atoms with E-state index in [2.05, 4.69) is 21.8 Å². The van der Waals surface area contributed by atoms with Gasteiger partial charge in [-0.2, -0.15) is 0 Å². The van der Waals surface area contributed by atoms with E-state index in [1.54, 1.807) is 12.4 Å². The summed E-state index contributed by atoms with van der Waals surface area (Å²) >= 11 is 0. The highest BCUT2D eigenvalue weighted by molar-refractivity contribution is 5.38. The highest BCUT2D eigenvalue weighted by atomic mass is 16.5. The molecule has 0 spiro atoms. The molecule has 0 saturated carbocycles. The lowest BCUT2D eigenvalue weighted by Crippen LogP contribution is -2.45. The molecule has 1 aliphatic rings. The van der Waals surface area contributed by atoms with Gasteiger partial charge in [0.1, 0.15) is 5.82 Å². The van der Waals surface area contributed by atoms with Crippen LogP contribution in [0.5, 0.6) is 0 Å². The van der Waals surface area contributed by atoms with Crippen LogP contribution < -0.4 is 4.90 Å². The summed E-state index contributed by atoms with van der Waals surface area (Å²) in [7, 11) is 0. The minimum Gasteiger partial charge on any atom is -0.390 e. The summed E-state index contributed by atoms with van der Waals surface area (Å²) in [5, 5.41) is 9.04. The highest BCUT2D eigenvalue weighted by Gasteiger charge is 2.22. The number of hydrogen-bond acceptors (Lipinski definition) is 5. The van der Waals surface area contributed by atoms with Gasteiger partial charge in [-0.25, -0.2) is 4.98 Å². The zero-order chi connectivity index (χ0) is 11.4. The SMILES string of the molecule is CCC1COCCN1c1cncc(CO)n1. The summed E-state index contributed by atoms with van der Waals surface area (Å²) in [6, 6.07) is 0.358. The van der Waals surface area contributed by atoms with E-state index < -0.39 is 0 Å². The normalized spacial score (nSPS) is 21.1. The summed E-state index contributed by atoms with van der Waals surface area (Å²) in [4.78, 5) is 10.7. The molecular weight excluding hydrogens is 206 g/mol. The van der Waals surface area contributed by atoms with Crippen LogP contribution in [-0.4, -0.2) is 40.9 Å².